The lowest BCUT2D eigenvalue weighted by Gasteiger charge is -2.30. The molecule has 0 saturated heterocycles. The number of aliphatic hydroxyl groups is 1. The molecule has 0 amide bonds. The minimum atomic E-state index is -2.93. The van der Waals surface area contributed by atoms with Gasteiger partial charge < -0.3 is 18.4 Å². The van der Waals surface area contributed by atoms with Gasteiger partial charge >= 0.3 is 8.80 Å². The Hall–Kier alpha value is 0.0569. The van der Waals surface area contributed by atoms with E-state index in [4.69, 9.17) is 13.3 Å². The van der Waals surface area contributed by atoms with E-state index in [1.807, 2.05) is 20.8 Å². The fraction of sp³-hybridized carbons (Fsp3) is 0.875. The maximum atomic E-state index is 9.43. The highest BCUT2D eigenvalue weighted by atomic mass is 28.4. The average Bonchev–Trinajstić information content (AvgIpc) is 2.05. The first kappa shape index (κ1) is 13.1. The quantitative estimate of drug-likeness (QED) is 0.626. The van der Waals surface area contributed by atoms with Crippen LogP contribution in [0.15, 0.2) is 0 Å². The topological polar surface area (TPSA) is 47.9 Å². The Balaban J connectivity index is 4.38. The van der Waals surface area contributed by atoms with Crippen molar-refractivity contribution in [3.8, 4) is 0 Å². The molecule has 0 fully saturated rings. The smallest absolute Gasteiger partial charge is 0.389 e. The summed E-state index contributed by atoms with van der Waals surface area (Å²) in [6, 6.07) is 0. The van der Waals surface area contributed by atoms with Gasteiger partial charge in [-0.2, -0.15) is 0 Å². The molecule has 5 heteroatoms. The fourth-order valence-electron chi connectivity index (χ4n) is 1.02. The van der Waals surface area contributed by atoms with Gasteiger partial charge in [-0.3, -0.25) is 0 Å². The normalized spacial score (nSPS) is 14.5. The monoisotopic (exact) mass is 207 g/mol. The second kappa shape index (κ2) is 6.50. The van der Waals surface area contributed by atoms with E-state index in [-0.39, 0.29) is 0 Å². The molecule has 1 radical (unpaired) electrons. The van der Waals surface area contributed by atoms with Crippen LogP contribution in [0.3, 0.4) is 0 Å². The molecule has 0 rings (SSSR count). The average molecular weight is 207 g/mol. The Morgan fingerprint density at radius 3 is 1.54 bits per heavy atom. The Labute approximate surface area is 81.2 Å². The molecule has 0 aromatic rings. The maximum Gasteiger partial charge on any atom is 0.531 e. The molecular weight excluding hydrogens is 188 g/mol. The number of hydrogen-bond donors (Lipinski definition) is 1. The van der Waals surface area contributed by atoms with Crippen LogP contribution in [0.2, 0.25) is 0 Å². The Morgan fingerprint density at radius 1 is 1.08 bits per heavy atom. The van der Waals surface area contributed by atoms with Gasteiger partial charge in [-0.05, 0) is 27.7 Å². The van der Waals surface area contributed by atoms with Crippen LogP contribution >= 0.6 is 0 Å². The van der Waals surface area contributed by atoms with Crippen molar-refractivity contribution in [1.82, 2.24) is 0 Å². The third-order valence-corrected chi connectivity index (χ3v) is 4.33. The van der Waals surface area contributed by atoms with Crippen LogP contribution in [-0.2, 0) is 13.3 Å². The zero-order valence-electron chi connectivity index (χ0n) is 8.58. The van der Waals surface area contributed by atoms with E-state index in [0.717, 1.165) is 0 Å². The second-order valence-electron chi connectivity index (χ2n) is 2.42. The van der Waals surface area contributed by atoms with Gasteiger partial charge in [0, 0.05) is 19.8 Å². The van der Waals surface area contributed by atoms with Gasteiger partial charge in [0.2, 0.25) is 0 Å². The summed E-state index contributed by atoms with van der Waals surface area (Å²) in [7, 11) is -2.93. The molecule has 1 atom stereocenters. The molecule has 0 aliphatic heterocycles. The van der Waals surface area contributed by atoms with Crippen molar-refractivity contribution in [2.75, 3.05) is 19.8 Å². The minimum absolute atomic E-state index is 0.457. The van der Waals surface area contributed by atoms with Crippen molar-refractivity contribution in [1.29, 1.82) is 0 Å². The highest BCUT2D eigenvalue weighted by Gasteiger charge is 2.46. The van der Waals surface area contributed by atoms with E-state index >= 15 is 0 Å². The van der Waals surface area contributed by atoms with Crippen LogP contribution < -0.4 is 0 Å². The molecule has 0 saturated carbocycles. The third-order valence-electron chi connectivity index (χ3n) is 1.44. The largest absolute Gasteiger partial charge is 0.531 e. The summed E-state index contributed by atoms with van der Waals surface area (Å²) in [6.07, 6.45) is 0. The van der Waals surface area contributed by atoms with Crippen LogP contribution in [0.1, 0.15) is 20.8 Å². The summed E-state index contributed by atoms with van der Waals surface area (Å²) >= 11 is 0. The molecule has 1 unspecified atom stereocenters. The summed E-state index contributed by atoms with van der Waals surface area (Å²) < 4.78 is 16.1. The molecule has 4 nitrogen and oxygen atoms in total. The molecule has 0 spiro atoms. The predicted octanol–water partition coefficient (Wildman–Crippen LogP) is 0.769. The van der Waals surface area contributed by atoms with E-state index in [1.54, 1.807) is 0 Å². The first-order chi connectivity index (χ1) is 6.13. The second-order valence-corrected chi connectivity index (χ2v) is 5.16. The molecule has 0 aromatic carbocycles. The third kappa shape index (κ3) is 3.74. The summed E-state index contributed by atoms with van der Waals surface area (Å²) in [4.78, 5) is 0. The Bertz CT molecular complexity index is 112. The van der Waals surface area contributed by atoms with Gasteiger partial charge in [0.25, 0.3) is 0 Å². The van der Waals surface area contributed by atoms with Crippen molar-refractivity contribution < 1.29 is 18.4 Å². The number of hydrogen-bond acceptors (Lipinski definition) is 4. The van der Waals surface area contributed by atoms with Crippen molar-refractivity contribution in [2.45, 2.75) is 26.5 Å². The standard InChI is InChI=1S/C8H19O4Si/c1-5-10-13(8(4)9,11-6-2)12-7-3/h8-9H,4-7H2,1-3H3. The fourth-order valence-corrected chi connectivity index (χ4v) is 3.05. The highest BCUT2D eigenvalue weighted by molar-refractivity contribution is 6.62. The molecule has 79 valence electrons. The van der Waals surface area contributed by atoms with Crippen LogP contribution in [0.5, 0.6) is 0 Å². The lowest BCUT2D eigenvalue weighted by atomic mass is 10.9. The van der Waals surface area contributed by atoms with Crippen molar-refractivity contribution in [2.24, 2.45) is 0 Å². The first-order valence-corrected chi connectivity index (χ1v) is 6.36. The lowest BCUT2D eigenvalue weighted by molar-refractivity contribution is 0.0334. The zero-order valence-corrected chi connectivity index (χ0v) is 9.58. The number of aliphatic hydroxyl groups excluding tert-OH is 1. The summed E-state index contributed by atoms with van der Waals surface area (Å²) in [6.45, 7) is 10.4. The van der Waals surface area contributed by atoms with Crippen molar-refractivity contribution >= 4 is 8.80 Å². The molecule has 0 aromatic heterocycles. The lowest BCUT2D eigenvalue weighted by Crippen LogP contribution is -2.55. The van der Waals surface area contributed by atoms with E-state index in [9.17, 15) is 5.11 Å². The van der Waals surface area contributed by atoms with Crippen molar-refractivity contribution in [3.05, 3.63) is 6.92 Å². The molecule has 0 aliphatic carbocycles. The highest BCUT2D eigenvalue weighted by Crippen LogP contribution is 2.14. The molecule has 0 bridgehead atoms. The molecule has 1 N–H and O–H groups in total. The van der Waals surface area contributed by atoms with Crippen molar-refractivity contribution in [3.63, 3.8) is 0 Å². The molecule has 0 aliphatic rings. The van der Waals surface area contributed by atoms with Crippen LogP contribution in [0.25, 0.3) is 0 Å². The molecule has 13 heavy (non-hydrogen) atoms. The SMILES string of the molecule is [CH2]C(O)[Si](OCC)(OCC)OCC. The summed E-state index contributed by atoms with van der Waals surface area (Å²) in [5.41, 5.74) is -0.924. The van der Waals surface area contributed by atoms with Gasteiger partial charge in [-0.15, -0.1) is 0 Å². The summed E-state index contributed by atoms with van der Waals surface area (Å²) in [5, 5.41) is 9.43. The Kier molecular flexibility index (Phi) is 6.53. The van der Waals surface area contributed by atoms with E-state index in [1.165, 1.54) is 0 Å². The van der Waals surface area contributed by atoms with E-state index in [0.29, 0.717) is 19.8 Å². The first-order valence-electron chi connectivity index (χ1n) is 4.55. The maximum absolute atomic E-state index is 9.43. The van der Waals surface area contributed by atoms with E-state index < -0.39 is 14.5 Å². The molecule has 0 heterocycles. The predicted molar refractivity (Wildman–Crippen MR) is 52.0 cm³/mol. The molecular formula is C8H19O4Si. The van der Waals surface area contributed by atoms with Gasteiger partial charge in [0.05, 0.1) is 0 Å². The van der Waals surface area contributed by atoms with Crippen LogP contribution in [-0.4, -0.2) is 39.5 Å². The van der Waals surface area contributed by atoms with Gasteiger partial charge in [-0.1, -0.05) is 0 Å². The van der Waals surface area contributed by atoms with Gasteiger partial charge in [0.15, 0.2) is 0 Å². The summed E-state index contributed by atoms with van der Waals surface area (Å²) in [5.74, 6) is 0. The minimum Gasteiger partial charge on any atom is -0.389 e. The van der Waals surface area contributed by atoms with Gasteiger partial charge in [0.1, 0.15) is 5.73 Å². The number of rotatable bonds is 7. The zero-order chi connectivity index (χ0) is 10.3. The van der Waals surface area contributed by atoms with Gasteiger partial charge in [-0.25, -0.2) is 0 Å². The van der Waals surface area contributed by atoms with E-state index in [2.05, 4.69) is 6.92 Å². The Morgan fingerprint density at radius 2 is 1.38 bits per heavy atom. The van der Waals surface area contributed by atoms with Crippen LogP contribution in [0.4, 0.5) is 0 Å². The van der Waals surface area contributed by atoms with Crippen LogP contribution in [0, 0.1) is 6.92 Å².